The smallest absolute Gasteiger partial charge is 0.129 e. The Bertz CT molecular complexity index is 456. The number of nitrogens with one attached hydrogen (secondary N) is 1. The van der Waals surface area contributed by atoms with Crippen LogP contribution in [0, 0.1) is 0 Å². The van der Waals surface area contributed by atoms with E-state index in [1.807, 2.05) is 0 Å². The van der Waals surface area contributed by atoms with Gasteiger partial charge in [-0.15, -0.1) is 0 Å². The Balaban J connectivity index is 2.27. The minimum absolute atomic E-state index is 0.0855. The van der Waals surface area contributed by atoms with E-state index in [-0.39, 0.29) is 5.41 Å². The number of hydrogen-bond acceptors (Lipinski definition) is 3. The number of nitrogens with zero attached hydrogens (tertiary/aromatic N) is 2. The third-order valence-electron chi connectivity index (χ3n) is 3.95. The summed E-state index contributed by atoms with van der Waals surface area (Å²) >= 11 is 0. The molecule has 1 aromatic heterocycles. The Hall–Kier alpha value is -1.09. The summed E-state index contributed by atoms with van der Waals surface area (Å²) in [5.74, 6) is 1.08. The zero-order valence-electron chi connectivity index (χ0n) is 13.8. The van der Waals surface area contributed by atoms with Crippen molar-refractivity contribution in [1.82, 2.24) is 10.3 Å². The molecule has 0 radical (unpaired) electrons. The van der Waals surface area contributed by atoms with Crippen LogP contribution in [0.1, 0.15) is 58.7 Å². The van der Waals surface area contributed by atoms with Crippen LogP contribution in [-0.2, 0) is 12.0 Å². The quantitative estimate of drug-likeness (QED) is 0.892. The lowest BCUT2D eigenvalue weighted by atomic mass is 9.90. The van der Waals surface area contributed by atoms with Gasteiger partial charge in [-0.1, -0.05) is 20.8 Å². The molecule has 0 aliphatic heterocycles. The van der Waals surface area contributed by atoms with Gasteiger partial charge in [-0.2, -0.15) is 0 Å². The molecule has 2 rings (SSSR count). The van der Waals surface area contributed by atoms with Gasteiger partial charge >= 0.3 is 0 Å². The third kappa shape index (κ3) is 3.95. The number of rotatable bonds is 5. The Morgan fingerprint density at radius 2 is 1.95 bits per heavy atom. The van der Waals surface area contributed by atoms with E-state index in [9.17, 15) is 0 Å². The van der Waals surface area contributed by atoms with E-state index in [0.29, 0.717) is 6.04 Å². The summed E-state index contributed by atoms with van der Waals surface area (Å²) in [7, 11) is 2.12. The predicted molar refractivity (Wildman–Crippen MR) is 86.3 cm³/mol. The van der Waals surface area contributed by atoms with Gasteiger partial charge in [-0.25, -0.2) is 4.98 Å². The number of aromatic nitrogens is 1. The predicted octanol–water partition coefficient (Wildman–Crippen LogP) is 3.48. The van der Waals surface area contributed by atoms with E-state index >= 15 is 0 Å². The lowest BCUT2D eigenvalue weighted by Crippen LogP contribution is -2.28. The van der Waals surface area contributed by atoms with Crippen LogP contribution in [0.25, 0.3) is 0 Å². The molecule has 112 valence electrons. The highest BCUT2D eigenvalue weighted by atomic mass is 15.2. The molecule has 0 aromatic carbocycles. The van der Waals surface area contributed by atoms with Gasteiger partial charge in [0.15, 0.2) is 0 Å². The maximum atomic E-state index is 4.87. The highest BCUT2D eigenvalue weighted by molar-refractivity contribution is 5.44. The zero-order valence-corrected chi connectivity index (χ0v) is 13.8. The molecule has 3 heteroatoms. The molecule has 1 aliphatic carbocycles. The molecule has 1 aliphatic rings. The average molecular weight is 275 g/mol. The fourth-order valence-corrected chi connectivity index (χ4v) is 2.05. The molecule has 0 bridgehead atoms. The van der Waals surface area contributed by atoms with Crippen LogP contribution in [0.5, 0.6) is 0 Å². The molecule has 1 saturated carbocycles. The van der Waals surface area contributed by atoms with Crippen LogP contribution in [0.2, 0.25) is 0 Å². The van der Waals surface area contributed by atoms with E-state index in [1.54, 1.807) is 0 Å². The van der Waals surface area contributed by atoms with Crippen LogP contribution < -0.4 is 10.2 Å². The summed E-state index contributed by atoms with van der Waals surface area (Å²) in [6.45, 7) is 12.0. The fourth-order valence-electron chi connectivity index (χ4n) is 2.05. The van der Waals surface area contributed by atoms with E-state index in [0.717, 1.165) is 18.4 Å². The normalized spacial score (nSPS) is 15.8. The van der Waals surface area contributed by atoms with Crippen molar-refractivity contribution < 1.29 is 0 Å². The van der Waals surface area contributed by atoms with E-state index < -0.39 is 0 Å². The average Bonchev–Trinajstić information content (AvgIpc) is 3.18. The molecule has 0 spiro atoms. The van der Waals surface area contributed by atoms with Crippen LogP contribution >= 0.6 is 0 Å². The van der Waals surface area contributed by atoms with E-state index in [2.05, 4.69) is 64.0 Å². The monoisotopic (exact) mass is 275 g/mol. The number of hydrogen-bond donors (Lipinski definition) is 1. The first-order valence-corrected chi connectivity index (χ1v) is 7.75. The highest BCUT2D eigenvalue weighted by Crippen LogP contribution is 2.26. The van der Waals surface area contributed by atoms with Crippen molar-refractivity contribution in [1.29, 1.82) is 0 Å². The van der Waals surface area contributed by atoms with Gasteiger partial charge in [0.25, 0.3) is 0 Å². The van der Waals surface area contributed by atoms with Crippen LogP contribution in [0.4, 0.5) is 5.82 Å². The van der Waals surface area contributed by atoms with Gasteiger partial charge in [0.2, 0.25) is 0 Å². The maximum absolute atomic E-state index is 4.87. The van der Waals surface area contributed by atoms with Crippen LogP contribution in [-0.4, -0.2) is 24.1 Å². The largest absolute Gasteiger partial charge is 0.357 e. The van der Waals surface area contributed by atoms with Crippen LogP contribution in [0.15, 0.2) is 12.1 Å². The molecule has 0 atom stereocenters. The molecule has 1 heterocycles. The van der Waals surface area contributed by atoms with Crippen molar-refractivity contribution in [2.75, 3.05) is 11.9 Å². The van der Waals surface area contributed by atoms with Crippen molar-refractivity contribution in [3.63, 3.8) is 0 Å². The third-order valence-corrected chi connectivity index (χ3v) is 3.95. The summed E-state index contributed by atoms with van der Waals surface area (Å²) < 4.78 is 0. The first-order valence-electron chi connectivity index (χ1n) is 7.75. The Morgan fingerprint density at radius 3 is 2.45 bits per heavy atom. The van der Waals surface area contributed by atoms with Crippen LogP contribution in [0.3, 0.4) is 0 Å². The fraction of sp³-hybridized carbons (Fsp3) is 0.706. The number of pyridine rings is 1. The van der Waals surface area contributed by atoms with Gasteiger partial charge in [0.1, 0.15) is 5.82 Å². The Morgan fingerprint density at radius 1 is 1.30 bits per heavy atom. The van der Waals surface area contributed by atoms with Crippen molar-refractivity contribution in [3.8, 4) is 0 Å². The minimum atomic E-state index is 0.0855. The lowest BCUT2D eigenvalue weighted by molar-refractivity contribution is 0.564. The molecule has 0 unspecified atom stereocenters. The first-order chi connectivity index (χ1) is 9.27. The standard InChI is InChI=1S/C17H29N3/c1-12(2)20(6)16-10-13(11-18-14-7-8-14)9-15(19-16)17(3,4)5/h9-10,12,14,18H,7-8,11H2,1-6H3. The van der Waals surface area contributed by atoms with Gasteiger partial charge in [-0.3, -0.25) is 0 Å². The Kier molecular flexibility index (Phi) is 4.38. The first kappa shape index (κ1) is 15.3. The van der Waals surface area contributed by atoms with Gasteiger partial charge in [0.05, 0.1) is 0 Å². The molecule has 3 nitrogen and oxygen atoms in total. The summed E-state index contributed by atoms with van der Waals surface area (Å²) in [6, 6.07) is 5.69. The molecule has 1 aromatic rings. The molecular formula is C17H29N3. The second kappa shape index (κ2) is 5.72. The van der Waals surface area contributed by atoms with Gasteiger partial charge in [-0.05, 0) is 44.4 Å². The topological polar surface area (TPSA) is 28.2 Å². The summed E-state index contributed by atoms with van der Waals surface area (Å²) in [5, 5.41) is 3.60. The molecule has 1 N–H and O–H groups in total. The minimum Gasteiger partial charge on any atom is -0.357 e. The second-order valence-corrected chi connectivity index (χ2v) is 7.33. The summed E-state index contributed by atoms with van der Waals surface area (Å²) in [4.78, 5) is 7.11. The summed E-state index contributed by atoms with van der Waals surface area (Å²) in [6.07, 6.45) is 2.66. The molecule has 0 amide bonds. The lowest BCUT2D eigenvalue weighted by Gasteiger charge is -2.26. The Labute approximate surface area is 123 Å². The van der Waals surface area contributed by atoms with Crippen molar-refractivity contribution in [2.24, 2.45) is 0 Å². The maximum Gasteiger partial charge on any atom is 0.129 e. The van der Waals surface area contributed by atoms with E-state index in [1.165, 1.54) is 24.1 Å². The van der Waals surface area contributed by atoms with Crippen molar-refractivity contribution >= 4 is 5.82 Å². The number of anilines is 1. The summed E-state index contributed by atoms with van der Waals surface area (Å²) in [5.41, 5.74) is 2.61. The SMILES string of the molecule is CC(C)N(C)c1cc(CNC2CC2)cc(C(C)(C)C)n1. The molecular weight excluding hydrogens is 246 g/mol. The molecule has 20 heavy (non-hydrogen) atoms. The molecule has 0 saturated heterocycles. The molecule has 1 fully saturated rings. The van der Waals surface area contributed by atoms with Gasteiger partial charge in [0, 0.05) is 36.8 Å². The zero-order chi connectivity index (χ0) is 14.9. The van der Waals surface area contributed by atoms with Crippen molar-refractivity contribution in [2.45, 2.75) is 71.5 Å². The van der Waals surface area contributed by atoms with Gasteiger partial charge < -0.3 is 10.2 Å². The van der Waals surface area contributed by atoms with E-state index in [4.69, 9.17) is 4.98 Å². The highest BCUT2D eigenvalue weighted by Gasteiger charge is 2.22. The second-order valence-electron chi connectivity index (χ2n) is 7.33. The van der Waals surface area contributed by atoms with Crippen molar-refractivity contribution in [3.05, 3.63) is 23.4 Å².